The van der Waals surface area contributed by atoms with Gasteiger partial charge in [-0.1, -0.05) is 0 Å². The Morgan fingerprint density at radius 3 is 2.58 bits per heavy atom. The third kappa shape index (κ3) is 2.61. The number of carbonyl (C=O) groups excluding carboxylic acids is 1. The Morgan fingerprint density at radius 2 is 1.81 bits per heavy atom. The van der Waals surface area contributed by atoms with Crippen LogP contribution in [-0.4, -0.2) is 55.7 Å². The molecule has 0 N–H and O–H groups in total. The lowest BCUT2D eigenvalue weighted by atomic mass is 10.0. The number of amides is 1. The summed E-state index contributed by atoms with van der Waals surface area (Å²) >= 11 is 1.18. The molecule has 4 heterocycles. The predicted molar refractivity (Wildman–Crippen MR) is 99.3 cm³/mol. The van der Waals surface area contributed by atoms with E-state index in [0.29, 0.717) is 17.4 Å². The molecule has 0 bridgehead atoms. The van der Waals surface area contributed by atoms with E-state index in [-0.39, 0.29) is 5.91 Å². The number of fused-ring (bicyclic) bond motifs is 2. The second kappa shape index (κ2) is 5.98. The molecule has 3 aromatic rings. The van der Waals surface area contributed by atoms with Gasteiger partial charge in [-0.3, -0.25) is 4.79 Å². The van der Waals surface area contributed by atoms with E-state index in [1.807, 2.05) is 36.1 Å². The zero-order chi connectivity index (χ0) is 17.7. The van der Waals surface area contributed by atoms with Crippen molar-refractivity contribution in [2.24, 2.45) is 11.8 Å². The van der Waals surface area contributed by atoms with Gasteiger partial charge in [0.25, 0.3) is 5.91 Å². The summed E-state index contributed by atoms with van der Waals surface area (Å²) in [5, 5.41) is 0. The molecule has 2 aromatic heterocycles. The molecule has 0 spiro atoms. The number of rotatable bonds is 2. The van der Waals surface area contributed by atoms with Crippen LogP contribution in [-0.2, 0) is 0 Å². The highest BCUT2D eigenvalue weighted by atomic mass is 32.1. The lowest BCUT2D eigenvalue weighted by Crippen LogP contribution is -2.33. The summed E-state index contributed by atoms with van der Waals surface area (Å²) in [5.74, 6) is 2.09. The van der Waals surface area contributed by atoms with E-state index in [0.717, 1.165) is 48.7 Å². The number of hydrogen-bond acceptors (Lipinski definition) is 7. The molecule has 2 fully saturated rings. The standard InChI is InChI=1S/C18H18N6OS/c1-11-4-17(20-10-19-11)23-6-13-8-24(9-14(13)7-23)18(25)12-2-3-15-16(5-12)22-26-21-15/h2-5,10,13-14H,6-9H2,1H3. The molecule has 132 valence electrons. The van der Waals surface area contributed by atoms with Crippen molar-refractivity contribution >= 4 is 34.5 Å². The van der Waals surface area contributed by atoms with Crippen molar-refractivity contribution < 1.29 is 4.79 Å². The average molecular weight is 366 g/mol. The Hall–Kier alpha value is -2.61. The number of aryl methyl sites for hydroxylation is 1. The monoisotopic (exact) mass is 366 g/mol. The van der Waals surface area contributed by atoms with Gasteiger partial charge >= 0.3 is 0 Å². The van der Waals surface area contributed by atoms with E-state index in [2.05, 4.69) is 23.6 Å². The molecule has 2 saturated heterocycles. The van der Waals surface area contributed by atoms with Crippen LogP contribution < -0.4 is 4.90 Å². The van der Waals surface area contributed by atoms with Crippen LogP contribution in [0, 0.1) is 18.8 Å². The van der Waals surface area contributed by atoms with E-state index in [1.165, 1.54) is 11.7 Å². The van der Waals surface area contributed by atoms with Crippen molar-refractivity contribution in [1.29, 1.82) is 0 Å². The predicted octanol–water partition coefficient (Wildman–Crippen LogP) is 2.00. The van der Waals surface area contributed by atoms with Crippen molar-refractivity contribution in [3.05, 3.63) is 41.9 Å². The summed E-state index contributed by atoms with van der Waals surface area (Å²) in [6.07, 6.45) is 1.62. The fraction of sp³-hybridized carbons (Fsp3) is 0.389. The summed E-state index contributed by atoms with van der Waals surface area (Å²) in [5.41, 5.74) is 3.33. The highest BCUT2D eigenvalue weighted by molar-refractivity contribution is 7.00. The molecule has 8 heteroatoms. The van der Waals surface area contributed by atoms with Crippen LogP contribution in [0.2, 0.25) is 0 Å². The molecular weight excluding hydrogens is 348 g/mol. The van der Waals surface area contributed by atoms with Gasteiger partial charge in [-0.2, -0.15) is 8.75 Å². The average Bonchev–Trinajstić information content (AvgIpc) is 3.34. The number of nitrogens with zero attached hydrogens (tertiary/aromatic N) is 6. The minimum atomic E-state index is 0.0960. The van der Waals surface area contributed by atoms with Crippen molar-refractivity contribution in [3.63, 3.8) is 0 Å². The van der Waals surface area contributed by atoms with Gasteiger partial charge < -0.3 is 9.80 Å². The van der Waals surface area contributed by atoms with Gasteiger partial charge in [0.1, 0.15) is 23.2 Å². The molecule has 5 rings (SSSR count). The molecule has 0 saturated carbocycles. The zero-order valence-corrected chi connectivity index (χ0v) is 15.2. The van der Waals surface area contributed by atoms with Crippen molar-refractivity contribution in [1.82, 2.24) is 23.6 Å². The summed E-state index contributed by atoms with van der Waals surface area (Å²) in [4.78, 5) is 25.8. The summed E-state index contributed by atoms with van der Waals surface area (Å²) in [7, 11) is 0. The molecule has 2 aliphatic heterocycles. The smallest absolute Gasteiger partial charge is 0.253 e. The molecular formula is C18H18N6OS. The van der Waals surface area contributed by atoms with Crippen LogP contribution in [0.15, 0.2) is 30.6 Å². The van der Waals surface area contributed by atoms with Crippen LogP contribution in [0.4, 0.5) is 5.82 Å². The fourth-order valence-electron chi connectivity index (χ4n) is 4.06. The van der Waals surface area contributed by atoms with Crippen LogP contribution >= 0.6 is 11.7 Å². The van der Waals surface area contributed by atoms with Crippen LogP contribution in [0.1, 0.15) is 16.1 Å². The first-order valence-corrected chi connectivity index (χ1v) is 9.45. The van der Waals surface area contributed by atoms with Gasteiger partial charge in [0.2, 0.25) is 0 Å². The van der Waals surface area contributed by atoms with Gasteiger partial charge in [0, 0.05) is 55.3 Å². The van der Waals surface area contributed by atoms with Crippen molar-refractivity contribution in [2.75, 3.05) is 31.1 Å². The Labute approximate surface area is 155 Å². The van der Waals surface area contributed by atoms with E-state index in [4.69, 9.17) is 0 Å². The van der Waals surface area contributed by atoms with Crippen LogP contribution in [0.25, 0.3) is 11.0 Å². The van der Waals surface area contributed by atoms with Crippen molar-refractivity contribution in [3.8, 4) is 0 Å². The molecule has 0 radical (unpaired) electrons. The minimum Gasteiger partial charge on any atom is -0.356 e. The van der Waals surface area contributed by atoms with Crippen LogP contribution in [0.3, 0.4) is 0 Å². The first-order valence-electron chi connectivity index (χ1n) is 8.72. The molecule has 1 aromatic carbocycles. The molecule has 7 nitrogen and oxygen atoms in total. The number of anilines is 1. The topological polar surface area (TPSA) is 75.1 Å². The van der Waals surface area contributed by atoms with E-state index in [9.17, 15) is 4.79 Å². The lowest BCUT2D eigenvalue weighted by molar-refractivity contribution is 0.0782. The molecule has 2 aliphatic rings. The molecule has 0 aliphatic carbocycles. The Kier molecular flexibility index (Phi) is 3.59. The number of benzene rings is 1. The second-order valence-electron chi connectivity index (χ2n) is 7.12. The maximum Gasteiger partial charge on any atom is 0.253 e. The maximum absolute atomic E-state index is 12.9. The molecule has 2 unspecified atom stereocenters. The van der Waals surface area contributed by atoms with Gasteiger partial charge in [-0.05, 0) is 25.1 Å². The molecule has 26 heavy (non-hydrogen) atoms. The van der Waals surface area contributed by atoms with Gasteiger partial charge in [0.05, 0.1) is 11.7 Å². The van der Waals surface area contributed by atoms with Crippen molar-refractivity contribution in [2.45, 2.75) is 6.92 Å². The van der Waals surface area contributed by atoms with E-state index < -0.39 is 0 Å². The Morgan fingerprint density at radius 1 is 1.04 bits per heavy atom. The number of carbonyl (C=O) groups is 1. The zero-order valence-electron chi connectivity index (χ0n) is 14.4. The second-order valence-corrected chi connectivity index (χ2v) is 7.65. The van der Waals surface area contributed by atoms with Gasteiger partial charge in [-0.25, -0.2) is 9.97 Å². The van der Waals surface area contributed by atoms with E-state index in [1.54, 1.807) is 6.33 Å². The number of aromatic nitrogens is 4. The maximum atomic E-state index is 12.9. The van der Waals surface area contributed by atoms with E-state index >= 15 is 0 Å². The van der Waals surface area contributed by atoms with Gasteiger partial charge in [-0.15, -0.1) is 0 Å². The third-order valence-corrected chi connectivity index (χ3v) is 5.94. The van der Waals surface area contributed by atoms with Gasteiger partial charge in [0.15, 0.2) is 0 Å². The first kappa shape index (κ1) is 15.6. The quantitative estimate of drug-likeness (QED) is 0.691. The fourth-order valence-corrected chi connectivity index (χ4v) is 4.57. The summed E-state index contributed by atoms with van der Waals surface area (Å²) in [6, 6.07) is 7.62. The third-order valence-electron chi connectivity index (χ3n) is 5.39. The normalized spacial score (nSPS) is 22.2. The van der Waals surface area contributed by atoms with Crippen LogP contribution in [0.5, 0.6) is 0 Å². The lowest BCUT2D eigenvalue weighted by Gasteiger charge is -2.22. The first-order chi connectivity index (χ1) is 12.7. The number of hydrogen-bond donors (Lipinski definition) is 0. The largest absolute Gasteiger partial charge is 0.356 e. The SMILES string of the molecule is Cc1cc(N2CC3CN(C(=O)c4ccc5nsnc5c4)CC3C2)ncn1. The summed E-state index contributed by atoms with van der Waals surface area (Å²) in [6.45, 7) is 5.48. The Balaban J connectivity index is 1.29. The molecule has 1 amide bonds. The highest BCUT2D eigenvalue weighted by Crippen LogP contribution is 2.34. The number of likely N-dealkylation sites (tertiary alicyclic amines) is 1. The highest BCUT2D eigenvalue weighted by Gasteiger charge is 2.42. The molecule has 2 atom stereocenters. The Bertz CT molecular complexity index is 974. The minimum absolute atomic E-state index is 0.0960. The summed E-state index contributed by atoms with van der Waals surface area (Å²) < 4.78 is 8.43.